The Morgan fingerprint density at radius 3 is 2.67 bits per heavy atom. The molecular formula is C17H17NO3. The van der Waals surface area contributed by atoms with Crippen molar-refractivity contribution < 1.29 is 14.6 Å². The molecule has 2 aromatic carbocycles. The van der Waals surface area contributed by atoms with Gasteiger partial charge in [-0.25, -0.2) is 0 Å². The number of fused-ring (bicyclic) bond motifs is 1. The number of benzene rings is 2. The number of hydrogen-bond donors (Lipinski definition) is 2. The van der Waals surface area contributed by atoms with Crippen LogP contribution in [0.1, 0.15) is 23.1 Å². The highest BCUT2D eigenvalue weighted by Crippen LogP contribution is 2.32. The third-order valence-corrected chi connectivity index (χ3v) is 3.77. The van der Waals surface area contributed by atoms with Crippen LogP contribution in [0.15, 0.2) is 54.6 Å². The summed E-state index contributed by atoms with van der Waals surface area (Å²) < 4.78 is 5.60. The van der Waals surface area contributed by atoms with Crippen LogP contribution >= 0.6 is 0 Å². The van der Waals surface area contributed by atoms with E-state index in [2.05, 4.69) is 5.32 Å². The van der Waals surface area contributed by atoms with Crippen molar-refractivity contribution in [3.8, 4) is 5.75 Å². The van der Waals surface area contributed by atoms with Crippen LogP contribution in [0.5, 0.6) is 5.75 Å². The van der Waals surface area contributed by atoms with Gasteiger partial charge in [0.2, 0.25) is 0 Å². The number of ether oxygens (including phenoxy) is 1. The number of rotatable bonds is 5. The molecule has 0 bridgehead atoms. The number of carbonyl (C=O) groups is 1. The number of carboxylic acid groups (broad SMARTS) is 1. The fourth-order valence-corrected chi connectivity index (χ4v) is 2.62. The fourth-order valence-electron chi connectivity index (χ4n) is 2.62. The highest BCUT2D eigenvalue weighted by atomic mass is 16.5. The van der Waals surface area contributed by atoms with E-state index in [0.29, 0.717) is 13.2 Å². The summed E-state index contributed by atoms with van der Waals surface area (Å²) in [5.74, 6) is -0.499. The lowest BCUT2D eigenvalue weighted by Gasteiger charge is -2.17. The summed E-state index contributed by atoms with van der Waals surface area (Å²) in [5.41, 5.74) is 1.90. The summed E-state index contributed by atoms with van der Waals surface area (Å²) in [6.07, 6.45) is 0. The first kappa shape index (κ1) is 13.6. The molecule has 0 saturated carbocycles. The smallest absolute Gasteiger partial charge is 0.312 e. The lowest BCUT2D eigenvalue weighted by atomic mass is 9.98. The van der Waals surface area contributed by atoms with E-state index in [1.165, 1.54) is 0 Å². The zero-order chi connectivity index (χ0) is 14.7. The van der Waals surface area contributed by atoms with Gasteiger partial charge in [-0.2, -0.15) is 0 Å². The van der Waals surface area contributed by atoms with Crippen LogP contribution < -0.4 is 10.1 Å². The molecule has 1 aliphatic rings. The van der Waals surface area contributed by atoms with Crippen molar-refractivity contribution in [3.05, 3.63) is 65.7 Å². The van der Waals surface area contributed by atoms with Gasteiger partial charge in [-0.05, 0) is 11.6 Å². The van der Waals surface area contributed by atoms with Crippen LogP contribution in [0.4, 0.5) is 0 Å². The first-order valence-electron chi connectivity index (χ1n) is 6.98. The van der Waals surface area contributed by atoms with Crippen LogP contribution in [0.25, 0.3) is 0 Å². The van der Waals surface area contributed by atoms with Gasteiger partial charge in [-0.1, -0.05) is 48.5 Å². The summed E-state index contributed by atoms with van der Waals surface area (Å²) in [5, 5.41) is 12.7. The minimum Gasteiger partial charge on any atom is -0.491 e. The molecule has 1 aliphatic heterocycles. The molecule has 21 heavy (non-hydrogen) atoms. The molecule has 0 aliphatic carbocycles. The lowest BCUT2D eigenvalue weighted by Crippen LogP contribution is -2.30. The molecule has 0 spiro atoms. The van der Waals surface area contributed by atoms with Crippen molar-refractivity contribution in [2.24, 2.45) is 0 Å². The van der Waals surface area contributed by atoms with E-state index < -0.39 is 11.9 Å². The van der Waals surface area contributed by atoms with Crippen LogP contribution in [-0.4, -0.2) is 24.2 Å². The van der Waals surface area contributed by atoms with E-state index in [9.17, 15) is 9.90 Å². The SMILES string of the molecule is O=C(O)C(CNC1COc2ccccc21)c1ccccc1. The minimum atomic E-state index is -0.819. The van der Waals surface area contributed by atoms with E-state index in [4.69, 9.17) is 4.74 Å². The van der Waals surface area contributed by atoms with Crippen molar-refractivity contribution in [2.45, 2.75) is 12.0 Å². The highest BCUT2D eigenvalue weighted by molar-refractivity contribution is 5.76. The maximum atomic E-state index is 11.5. The standard InChI is InChI=1S/C17H17NO3/c19-17(20)14(12-6-2-1-3-7-12)10-18-15-11-21-16-9-5-4-8-13(15)16/h1-9,14-15,18H,10-11H2,(H,19,20). The first-order valence-corrected chi connectivity index (χ1v) is 6.98. The Morgan fingerprint density at radius 1 is 1.19 bits per heavy atom. The van der Waals surface area contributed by atoms with Crippen LogP contribution in [0.2, 0.25) is 0 Å². The molecule has 3 rings (SSSR count). The summed E-state index contributed by atoms with van der Waals surface area (Å²) in [4.78, 5) is 11.5. The number of hydrogen-bond acceptors (Lipinski definition) is 3. The molecule has 2 atom stereocenters. The first-order chi connectivity index (χ1) is 10.3. The molecule has 4 nitrogen and oxygen atoms in total. The molecule has 0 fully saturated rings. The van der Waals surface area contributed by atoms with Crippen molar-refractivity contribution in [1.82, 2.24) is 5.32 Å². The molecule has 2 aromatic rings. The fraction of sp³-hybridized carbons (Fsp3) is 0.235. The second-order valence-electron chi connectivity index (χ2n) is 5.11. The third kappa shape index (κ3) is 2.90. The van der Waals surface area contributed by atoms with Gasteiger partial charge in [-0.15, -0.1) is 0 Å². The van der Waals surface area contributed by atoms with Gasteiger partial charge in [0.05, 0.1) is 12.0 Å². The maximum absolute atomic E-state index is 11.5. The molecule has 1 heterocycles. The van der Waals surface area contributed by atoms with Crippen molar-refractivity contribution in [2.75, 3.05) is 13.2 Å². The lowest BCUT2D eigenvalue weighted by molar-refractivity contribution is -0.138. The van der Waals surface area contributed by atoms with Gasteiger partial charge in [0.1, 0.15) is 12.4 Å². The molecule has 108 valence electrons. The van der Waals surface area contributed by atoms with E-state index in [0.717, 1.165) is 16.9 Å². The Balaban J connectivity index is 1.70. The van der Waals surface area contributed by atoms with Crippen molar-refractivity contribution in [3.63, 3.8) is 0 Å². The average Bonchev–Trinajstić information content (AvgIpc) is 2.92. The second-order valence-corrected chi connectivity index (χ2v) is 5.11. The van der Waals surface area contributed by atoms with Crippen LogP contribution in [-0.2, 0) is 4.79 Å². The van der Waals surface area contributed by atoms with Crippen LogP contribution in [0.3, 0.4) is 0 Å². The summed E-state index contributed by atoms with van der Waals surface area (Å²) in [7, 11) is 0. The summed E-state index contributed by atoms with van der Waals surface area (Å²) in [6.45, 7) is 0.919. The molecular weight excluding hydrogens is 266 g/mol. The van der Waals surface area contributed by atoms with Crippen molar-refractivity contribution in [1.29, 1.82) is 0 Å². The van der Waals surface area contributed by atoms with E-state index >= 15 is 0 Å². The number of nitrogens with one attached hydrogen (secondary N) is 1. The second kappa shape index (κ2) is 5.97. The van der Waals surface area contributed by atoms with Gasteiger partial charge in [0.25, 0.3) is 0 Å². The normalized spacial score (nSPS) is 17.8. The topological polar surface area (TPSA) is 58.6 Å². The predicted octanol–water partition coefficient (Wildman–Crippen LogP) is 2.58. The van der Waals surface area contributed by atoms with Gasteiger partial charge in [0.15, 0.2) is 0 Å². The third-order valence-electron chi connectivity index (χ3n) is 3.77. The Morgan fingerprint density at radius 2 is 1.90 bits per heavy atom. The summed E-state index contributed by atoms with van der Waals surface area (Å²) in [6, 6.07) is 17.2. The molecule has 0 amide bonds. The van der Waals surface area contributed by atoms with E-state index in [1.807, 2.05) is 54.6 Å². The number of carboxylic acids is 1. The maximum Gasteiger partial charge on any atom is 0.312 e. The molecule has 0 radical (unpaired) electrons. The van der Waals surface area contributed by atoms with Gasteiger partial charge in [0, 0.05) is 12.1 Å². The molecule has 2 unspecified atom stereocenters. The zero-order valence-corrected chi connectivity index (χ0v) is 11.5. The average molecular weight is 283 g/mol. The highest BCUT2D eigenvalue weighted by Gasteiger charge is 2.26. The number of para-hydroxylation sites is 1. The Kier molecular flexibility index (Phi) is 3.88. The van der Waals surface area contributed by atoms with E-state index in [-0.39, 0.29) is 6.04 Å². The van der Waals surface area contributed by atoms with Crippen molar-refractivity contribution >= 4 is 5.97 Å². The Labute approximate surface area is 123 Å². The van der Waals surface area contributed by atoms with Crippen LogP contribution in [0, 0.1) is 0 Å². The quantitative estimate of drug-likeness (QED) is 0.885. The molecule has 2 N–H and O–H groups in total. The van der Waals surface area contributed by atoms with Gasteiger partial charge >= 0.3 is 5.97 Å². The molecule has 0 aromatic heterocycles. The predicted molar refractivity (Wildman–Crippen MR) is 79.5 cm³/mol. The largest absolute Gasteiger partial charge is 0.491 e. The van der Waals surface area contributed by atoms with E-state index in [1.54, 1.807) is 0 Å². The monoisotopic (exact) mass is 283 g/mol. The Bertz CT molecular complexity index is 627. The summed E-state index contributed by atoms with van der Waals surface area (Å²) >= 11 is 0. The number of aliphatic carboxylic acids is 1. The zero-order valence-electron chi connectivity index (χ0n) is 11.5. The minimum absolute atomic E-state index is 0.0479. The molecule has 4 heteroatoms. The van der Waals surface area contributed by atoms with Gasteiger partial charge < -0.3 is 15.2 Å². The molecule has 0 saturated heterocycles. The van der Waals surface area contributed by atoms with Gasteiger partial charge in [-0.3, -0.25) is 4.79 Å². The Hall–Kier alpha value is -2.33.